The summed E-state index contributed by atoms with van der Waals surface area (Å²) in [6, 6.07) is 3.76. The van der Waals surface area contributed by atoms with E-state index in [0.717, 1.165) is 12.1 Å². The molecular formula is C12H16N2O2. The van der Waals surface area contributed by atoms with Crippen LogP contribution in [0.4, 0.5) is 0 Å². The highest BCUT2D eigenvalue weighted by atomic mass is 16.5. The zero-order valence-corrected chi connectivity index (χ0v) is 9.48. The smallest absolute Gasteiger partial charge is 0.255 e. The Hall–Kier alpha value is -1.42. The molecule has 1 amide bonds. The summed E-state index contributed by atoms with van der Waals surface area (Å²) in [5.41, 5.74) is 1.68. The highest BCUT2D eigenvalue weighted by Gasteiger charge is 2.18. The number of ether oxygens (including phenoxy) is 1. The van der Waals surface area contributed by atoms with Gasteiger partial charge in [0.05, 0.1) is 18.8 Å². The van der Waals surface area contributed by atoms with Crippen LogP contribution in [-0.4, -0.2) is 42.1 Å². The molecule has 0 aliphatic carbocycles. The Morgan fingerprint density at radius 2 is 2.19 bits per heavy atom. The van der Waals surface area contributed by atoms with Gasteiger partial charge in [0.2, 0.25) is 0 Å². The molecule has 0 N–H and O–H groups in total. The van der Waals surface area contributed by atoms with Gasteiger partial charge in [0, 0.05) is 25.0 Å². The van der Waals surface area contributed by atoms with Crippen molar-refractivity contribution in [3.8, 4) is 0 Å². The number of aryl methyl sites for hydroxylation is 1. The fourth-order valence-electron chi connectivity index (χ4n) is 1.71. The lowest BCUT2D eigenvalue weighted by Gasteiger charge is -2.26. The molecule has 1 fully saturated rings. The standard InChI is InChI=1S/C12H16N2O2/c1-2-11-4-3-10(9-13-11)12(15)14-5-7-16-8-6-14/h3-4,9H,2,5-8H2,1H3. The molecular weight excluding hydrogens is 204 g/mol. The predicted octanol–water partition coefficient (Wildman–Crippen LogP) is 1.12. The molecule has 0 bridgehead atoms. The summed E-state index contributed by atoms with van der Waals surface area (Å²) < 4.78 is 5.21. The molecule has 1 saturated heterocycles. The lowest BCUT2D eigenvalue weighted by atomic mass is 10.2. The number of morpholine rings is 1. The molecule has 4 heteroatoms. The summed E-state index contributed by atoms with van der Waals surface area (Å²) in [5, 5.41) is 0. The van der Waals surface area contributed by atoms with E-state index in [1.165, 1.54) is 0 Å². The van der Waals surface area contributed by atoms with Gasteiger partial charge in [-0.25, -0.2) is 0 Å². The van der Waals surface area contributed by atoms with E-state index in [1.807, 2.05) is 24.0 Å². The minimum atomic E-state index is 0.0541. The van der Waals surface area contributed by atoms with Gasteiger partial charge in [0.1, 0.15) is 0 Å². The Labute approximate surface area is 95.2 Å². The number of carbonyl (C=O) groups excluding carboxylic acids is 1. The summed E-state index contributed by atoms with van der Waals surface area (Å²) >= 11 is 0. The topological polar surface area (TPSA) is 42.4 Å². The quantitative estimate of drug-likeness (QED) is 0.750. The van der Waals surface area contributed by atoms with Crippen LogP contribution >= 0.6 is 0 Å². The van der Waals surface area contributed by atoms with E-state index in [1.54, 1.807) is 6.20 Å². The van der Waals surface area contributed by atoms with Gasteiger partial charge >= 0.3 is 0 Å². The van der Waals surface area contributed by atoms with Crippen molar-refractivity contribution < 1.29 is 9.53 Å². The first-order chi connectivity index (χ1) is 7.81. The molecule has 1 aliphatic heterocycles. The van der Waals surface area contributed by atoms with Crippen molar-refractivity contribution in [2.45, 2.75) is 13.3 Å². The highest BCUT2D eigenvalue weighted by molar-refractivity contribution is 5.93. The Kier molecular flexibility index (Phi) is 3.51. The van der Waals surface area contributed by atoms with Crippen LogP contribution in [0.25, 0.3) is 0 Å². The molecule has 0 spiro atoms. The number of pyridine rings is 1. The number of rotatable bonds is 2. The molecule has 0 radical (unpaired) electrons. The minimum absolute atomic E-state index is 0.0541. The van der Waals surface area contributed by atoms with E-state index in [9.17, 15) is 4.79 Å². The van der Waals surface area contributed by atoms with Crippen LogP contribution in [0.15, 0.2) is 18.3 Å². The van der Waals surface area contributed by atoms with Crippen LogP contribution in [0, 0.1) is 0 Å². The maximum absolute atomic E-state index is 12.0. The number of aromatic nitrogens is 1. The van der Waals surface area contributed by atoms with Crippen LogP contribution in [0.5, 0.6) is 0 Å². The van der Waals surface area contributed by atoms with Gasteiger partial charge in [0.15, 0.2) is 0 Å². The van der Waals surface area contributed by atoms with Crippen molar-refractivity contribution in [3.63, 3.8) is 0 Å². The maximum Gasteiger partial charge on any atom is 0.255 e. The lowest BCUT2D eigenvalue weighted by Crippen LogP contribution is -2.40. The molecule has 1 aromatic heterocycles. The number of carbonyl (C=O) groups is 1. The largest absolute Gasteiger partial charge is 0.378 e. The number of amides is 1. The molecule has 16 heavy (non-hydrogen) atoms. The zero-order valence-electron chi connectivity index (χ0n) is 9.48. The summed E-state index contributed by atoms with van der Waals surface area (Å²) in [7, 11) is 0. The third-order valence-electron chi connectivity index (χ3n) is 2.73. The fraction of sp³-hybridized carbons (Fsp3) is 0.500. The van der Waals surface area contributed by atoms with E-state index >= 15 is 0 Å². The Bertz CT molecular complexity index is 356. The first kappa shape index (κ1) is 11.1. The first-order valence-corrected chi connectivity index (χ1v) is 5.63. The monoisotopic (exact) mass is 220 g/mol. The molecule has 0 unspecified atom stereocenters. The van der Waals surface area contributed by atoms with Gasteiger partial charge in [-0.05, 0) is 18.6 Å². The van der Waals surface area contributed by atoms with Gasteiger partial charge in [-0.1, -0.05) is 6.92 Å². The molecule has 0 atom stereocenters. The van der Waals surface area contributed by atoms with Gasteiger partial charge in [-0.2, -0.15) is 0 Å². The fourth-order valence-corrected chi connectivity index (χ4v) is 1.71. The molecule has 86 valence electrons. The van der Waals surface area contributed by atoms with E-state index in [0.29, 0.717) is 31.9 Å². The van der Waals surface area contributed by atoms with Gasteiger partial charge in [-0.3, -0.25) is 9.78 Å². The van der Waals surface area contributed by atoms with Crippen molar-refractivity contribution in [2.24, 2.45) is 0 Å². The van der Waals surface area contributed by atoms with E-state index in [4.69, 9.17) is 4.74 Å². The second-order valence-corrected chi connectivity index (χ2v) is 3.80. The highest BCUT2D eigenvalue weighted by Crippen LogP contribution is 2.07. The van der Waals surface area contributed by atoms with Crippen LogP contribution in [0.2, 0.25) is 0 Å². The lowest BCUT2D eigenvalue weighted by molar-refractivity contribution is 0.0302. The van der Waals surface area contributed by atoms with E-state index in [2.05, 4.69) is 4.98 Å². The first-order valence-electron chi connectivity index (χ1n) is 5.63. The van der Waals surface area contributed by atoms with Gasteiger partial charge < -0.3 is 9.64 Å². The molecule has 2 rings (SSSR count). The molecule has 0 aromatic carbocycles. The van der Waals surface area contributed by atoms with E-state index < -0.39 is 0 Å². The van der Waals surface area contributed by atoms with Gasteiger partial charge in [-0.15, -0.1) is 0 Å². The SMILES string of the molecule is CCc1ccc(C(=O)N2CCOCC2)cn1. The average molecular weight is 220 g/mol. The number of hydrogen-bond donors (Lipinski definition) is 0. The molecule has 2 heterocycles. The molecule has 0 saturated carbocycles. The summed E-state index contributed by atoms with van der Waals surface area (Å²) in [4.78, 5) is 18.1. The van der Waals surface area contributed by atoms with Crippen LogP contribution in [0.3, 0.4) is 0 Å². The van der Waals surface area contributed by atoms with Crippen molar-refractivity contribution in [3.05, 3.63) is 29.6 Å². The minimum Gasteiger partial charge on any atom is -0.378 e. The van der Waals surface area contributed by atoms with Crippen molar-refractivity contribution in [1.29, 1.82) is 0 Å². The van der Waals surface area contributed by atoms with Crippen LogP contribution in [-0.2, 0) is 11.2 Å². The predicted molar refractivity (Wildman–Crippen MR) is 60.3 cm³/mol. The third-order valence-corrected chi connectivity index (χ3v) is 2.73. The normalized spacial score (nSPS) is 16.2. The number of hydrogen-bond acceptors (Lipinski definition) is 3. The van der Waals surface area contributed by atoms with Gasteiger partial charge in [0.25, 0.3) is 5.91 Å². The number of nitrogens with zero attached hydrogens (tertiary/aromatic N) is 2. The van der Waals surface area contributed by atoms with Crippen LogP contribution < -0.4 is 0 Å². The maximum atomic E-state index is 12.0. The molecule has 4 nitrogen and oxygen atoms in total. The second-order valence-electron chi connectivity index (χ2n) is 3.80. The Morgan fingerprint density at radius 3 is 2.75 bits per heavy atom. The average Bonchev–Trinajstić information content (AvgIpc) is 2.39. The van der Waals surface area contributed by atoms with Crippen molar-refractivity contribution in [2.75, 3.05) is 26.3 Å². The summed E-state index contributed by atoms with van der Waals surface area (Å²) in [5.74, 6) is 0.0541. The Morgan fingerprint density at radius 1 is 1.44 bits per heavy atom. The second kappa shape index (κ2) is 5.07. The van der Waals surface area contributed by atoms with Crippen molar-refractivity contribution in [1.82, 2.24) is 9.88 Å². The molecule has 1 aromatic rings. The Balaban J connectivity index is 2.07. The van der Waals surface area contributed by atoms with Crippen LogP contribution in [0.1, 0.15) is 23.0 Å². The third kappa shape index (κ3) is 2.39. The summed E-state index contributed by atoms with van der Waals surface area (Å²) in [6.07, 6.45) is 2.56. The van der Waals surface area contributed by atoms with E-state index in [-0.39, 0.29) is 5.91 Å². The zero-order chi connectivity index (χ0) is 11.4. The summed E-state index contributed by atoms with van der Waals surface area (Å²) in [6.45, 7) is 4.66. The van der Waals surface area contributed by atoms with Crippen molar-refractivity contribution >= 4 is 5.91 Å². The molecule has 1 aliphatic rings.